The molecular weight excluding hydrogens is 320 g/mol. The molecule has 0 aliphatic carbocycles. The van der Waals surface area contributed by atoms with Crippen molar-refractivity contribution in [3.63, 3.8) is 0 Å². The number of fused-ring (bicyclic) bond motifs is 3. The number of rotatable bonds is 5. The van der Waals surface area contributed by atoms with E-state index in [2.05, 4.69) is 18.1 Å². The van der Waals surface area contributed by atoms with Gasteiger partial charge < -0.3 is 14.5 Å². The summed E-state index contributed by atoms with van der Waals surface area (Å²) in [5, 5.41) is 1.07. The molecule has 0 spiro atoms. The highest BCUT2D eigenvalue weighted by Crippen LogP contribution is 2.42. The Hall–Kier alpha value is -2.27. The molecule has 24 heavy (non-hydrogen) atoms. The van der Waals surface area contributed by atoms with Gasteiger partial charge in [-0.2, -0.15) is 0 Å². The molecule has 0 bridgehead atoms. The topological polar surface area (TPSA) is 32.8 Å². The van der Waals surface area contributed by atoms with Gasteiger partial charge in [0.2, 0.25) is 0 Å². The van der Waals surface area contributed by atoms with Gasteiger partial charge in [0, 0.05) is 36.3 Å². The summed E-state index contributed by atoms with van der Waals surface area (Å²) in [6, 6.07) is 5.98. The molecule has 0 N–H and O–H groups in total. The maximum atomic E-state index is 13.0. The first-order chi connectivity index (χ1) is 11.5. The summed E-state index contributed by atoms with van der Waals surface area (Å²) < 4.78 is 6.48. The molecule has 1 aromatic heterocycles. The molecule has 0 saturated carbocycles. The van der Waals surface area contributed by atoms with E-state index < -0.39 is 0 Å². The molecular formula is C19H22N2O2S. The van der Waals surface area contributed by atoms with Crippen molar-refractivity contribution in [2.24, 2.45) is 0 Å². The van der Waals surface area contributed by atoms with Gasteiger partial charge in [0.15, 0.2) is 0 Å². The van der Waals surface area contributed by atoms with Gasteiger partial charge in [0.25, 0.3) is 5.91 Å². The summed E-state index contributed by atoms with van der Waals surface area (Å²) in [5.74, 6) is 0.882. The predicted molar refractivity (Wildman–Crippen MR) is 102 cm³/mol. The van der Waals surface area contributed by atoms with Crippen molar-refractivity contribution in [2.75, 3.05) is 38.2 Å². The molecule has 2 aromatic rings. The molecule has 1 aliphatic rings. The normalized spacial score (nSPS) is 14.5. The molecule has 0 unspecified atom stereocenters. The van der Waals surface area contributed by atoms with Gasteiger partial charge in [-0.25, -0.2) is 0 Å². The average Bonchev–Trinajstić information content (AvgIpc) is 2.89. The van der Waals surface area contributed by atoms with Crippen LogP contribution >= 0.6 is 11.3 Å². The van der Waals surface area contributed by atoms with E-state index in [0.717, 1.165) is 45.1 Å². The number of ether oxygens (including phenoxy) is 1. The number of anilines is 1. The van der Waals surface area contributed by atoms with Crippen LogP contribution in [-0.2, 0) is 0 Å². The zero-order valence-electron chi connectivity index (χ0n) is 14.2. The van der Waals surface area contributed by atoms with Crippen molar-refractivity contribution >= 4 is 33.0 Å². The van der Waals surface area contributed by atoms with E-state index >= 15 is 0 Å². The summed E-state index contributed by atoms with van der Waals surface area (Å²) in [6.07, 6.45) is 1.78. The van der Waals surface area contributed by atoms with Crippen LogP contribution in [0, 0.1) is 0 Å². The van der Waals surface area contributed by atoms with Crippen molar-refractivity contribution < 1.29 is 9.53 Å². The first-order valence-corrected chi connectivity index (χ1v) is 8.77. The van der Waals surface area contributed by atoms with Crippen molar-refractivity contribution in [2.45, 2.75) is 6.92 Å². The minimum Gasteiger partial charge on any atom is -0.497 e. The summed E-state index contributed by atoms with van der Waals surface area (Å²) in [6.45, 7) is 12.6. The second-order valence-electron chi connectivity index (χ2n) is 6.06. The Morgan fingerprint density at radius 3 is 2.79 bits per heavy atom. The molecule has 4 nitrogen and oxygen atoms in total. The number of amides is 1. The van der Waals surface area contributed by atoms with Crippen molar-refractivity contribution in [1.29, 1.82) is 0 Å². The highest BCUT2D eigenvalue weighted by atomic mass is 32.1. The van der Waals surface area contributed by atoms with Crippen LogP contribution in [0.25, 0.3) is 10.1 Å². The van der Waals surface area contributed by atoms with Gasteiger partial charge in [-0.1, -0.05) is 18.2 Å². The lowest BCUT2D eigenvalue weighted by molar-refractivity contribution is 0.0789. The second-order valence-corrected chi connectivity index (χ2v) is 7.11. The largest absolute Gasteiger partial charge is 0.497 e. The third-order valence-electron chi connectivity index (χ3n) is 4.12. The Morgan fingerprint density at radius 1 is 1.38 bits per heavy atom. The standard InChI is InChI=1S/C19H22N2O2S/c1-5-8-20-9-10-21(12-13(2)3)17-15-11-14(23-4)6-7-16(15)24-18(17)19(20)22/h5-7,11H,1-2,8-10,12H2,3-4H3. The minimum absolute atomic E-state index is 0.0780. The van der Waals surface area contributed by atoms with Crippen LogP contribution in [0.5, 0.6) is 5.75 Å². The molecule has 3 rings (SSSR count). The molecule has 0 radical (unpaired) electrons. The van der Waals surface area contributed by atoms with E-state index in [4.69, 9.17) is 4.74 Å². The van der Waals surface area contributed by atoms with E-state index in [1.807, 2.05) is 30.0 Å². The van der Waals surface area contributed by atoms with Crippen LogP contribution in [-0.4, -0.2) is 44.1 Å². The molecule has 0 fully saturated rings. The fraction of sp³-hybridized carbons (Fsp3) is 0.316. The predicted octanol–water partition coefficient (Wildman–Crippen LogP) is 3.93. The van der Waals surface area contributed by atoms with Crippen LogP contribution < -0.4 is 9.64 Å². The van der Waals surface area contributed by atoms with E-state index in [-0.39, 0.29) is 5.91 Å². The van der Waals surface area contributed by atoms with Crippen LogP contribution in [0.3, 0.4) is 0 Å². The monoisotopic (exact) mass is 342 g/mol. The van der Waals surface area contributed by atoms with Gasteiger partial charge in [0.05, 0.1) is 12.8 Å². The number of carbonyl (C=O) groups excluding carboxylic acids is 1. The molecule has 2 heterocycles. The number of benzene rings is 1. The van der Waals surface area contributed by atoms with E-state index in [1.165, 1.54) is 0 Å². The summed E-state index contributed by atoms with van der Waals surface area (Å²) in [5.41, 5.74) is 2.08. The summed E-state index contributed by atoms with van der Waals surface area (Å²) in [4.78, 5) is 17.9. The molecule has 1 aromatic carbocycles. The lowest BCUT2D eigenvalue weighted by Crippen LogP contribution is -2.35. The maximum Gasteiger partial charge on any atom is 0.266 e. The Morgan fingerprint density at radius 2 is 2.12 bits per heavy atom. The highest BCUT2D eigenvalue weighted by Gasteiger charge is 2.30. The van der Waals surface area contributed by atoms with E-state index in [1.54, 1.807) is 24.5 Å². The third kappa shape index (κ3) is 2.91. The first kappa shape index (κ1) is 16.6. The highest BCUT2D eigenvalue weighted by molar-refractivity contribution is 7.21. The molecule has 0 saturated heterocycles. The number of methoxy groups -OCH3 is 1. The second kappa shape index (κ2) is 6.69. The minimum atomic E-state index is 0.0780. The lowest BCUT2D eigenvalue weighted by Gasteiger charge is -2.24. The molecule has 1 aliphatic heterocycles. The van der Waals surface area contributed by atoms with Crippen LogP contribution in [0.1, 0.15) is 16.6 Å². The zero-order chi connectivity index (χ0) is 17.3. The molecule has 1 amide bonds. The van der Waals surface area contributed by atoms with Gasteiger partial charge in [-0.3, -0.25) is 4.79 Å². The van der Waals surface area contributed by atoms with Gasteiger partial charge >= 0.3 is 0 Å². The summed E-state index contributed by atoms with van der Waals surface area (Å²) >= 11 is 1.55. The van der Waals surface area contributed by atoms with E-state index in [9.17, 15) is 4.79 Å². The molecule has 5 heteroatoms. The number of thiophene rings is 1. The van der Waals surface area contributed by atoms with Gasteiger partial charge in [-0.15, -0.1) is 17.9 Å². The van der Waals surface area contributed by atoms with Crippen molar-refractivity contribution in [3.05, 3.63) is 47.9 Å². The smallest absolute Gasteiger partial charge is 0.266 e. The maximum absolute atomic E-state index is 13.0. The van der Waals surface area contributed by atoms with Gasteiger partial charge in [0.1, 0.15) is 10.6 Å². The van der Waals surface area contributed by atoms with E-state index in [0.29, 0.717) is 13.1 Å². The Balaban J connectivity index is 2.19. The summed E-state index contributed by atoms with van der Waals surface area (Å²) in [7, 11) is 1.66. The van der Waals surface area contributed by atoms with Crippen molar-refractivity contribution in [3.8, 4) is 5.75 Å². The SMILES string of the molecule is C=CCN1CCN(CC(=C)C)c2c(sc3ccc(OC)cc23)C1=O. The number of carbonyl (C=O) groups is 1. The first-order valence-electron chi connectivity index (χ1n) is 7.95. The number of hydrogen-bond donors (Lipinski definition) is 0. The molecule has 126 valence electrons. The quantitative estimate of drug-likeness (QED) is 0.772. The molecule has 0 atom stereocenters. The van der Waals surface area contributed by atoms with Crippen LogP contribution in [0.15, 0.2) is 43.0 Å². The lowest BCUT2D eigenvalue weighted by atomic mass is 10.1. The third-order valence-corrected chi connectivity index (χ3v) is 5.26. The fourth-order valence-electron chi connectivity index (χ4n) is 3.06. The van der Waals surface area contributed by atoms with Gasteiger partial charge in [-0.05, 0) is 25.1 Å². The fourth-order valence-corrected chi connectivity index (χ4v) is 4.24. The Labute approximate surface area is 146 Å². The Kier molecular flexibility index (Phi) is 4.62. The average molecular weight is 342 g/mol. The van der Waals surface area contributed by atoms with Crippen molar-refractivity contribution in [1.82, 2.24) is 4.90 Å². The van der Waals surface area contributed by atoms with Crippen LogP contribution in [0.2, 0.25) is 0 Å². The number of hydrogen-bond acceptors (Lipinski definition) is 4. The number of nitrogens with zero attached hydrogens (tertiary/aromatic N) is 2. The Bertz CT molecular complexity index is 809. The van der Waals surface area contributed by atoms with Crippen LogP contribution in [0.4, 0.5) is 5.69 Å². The zero-order valence-corrected chi connectivity index (χ0v) is 15.0.